The van der Waals surface area contributed by atoms with E-state index in [2.05, 4.69) is 159 Å². The van der Waals surface area contributed by atoms with Crippen LogP contribution in [0.1, 0.15) is 53.1 Å². The van der Waals surface area contributed by atoms with E-state index in [1.165, 1.54) is 66.4 Å². The molecule has 10 rings (SSSR count). The van der Waals surface area contributed by atoms with Gasteiger partial charge >= 0.3 is 0 Å². The quantitative estimate of drug-likeness (QED) is 0.189. The summed E-state index contributed by atoms with van der Waals surface area (Å²) in [5.41, 5.74) is 13.0. The van der Waals surface area contributed by atoms with Gasteiger partial charge in [-0.05, 0) is 67.4 Å². The van der Waals surface area contributed by atoms with Gasteiger partial charge in [0, 0.05) is 28.4 Å². The number of benzene rings is 6. The summed E-state index contributed by atoms with van der Waals surface area (Å²) in [6.45, 7) is 4.61. The molecule has 4 aliphatic rings. The highest BCUT2D eigenvalue weighted by molar-refractivity contribution is 5.99. The van der Waals surface area contributed by atoms with Crippen LogP contribution in [0.3, 0.4) is 0 Å². The van der Waals surface area contributed by atoms with Gasteiger partial charge in [0.05, 0.1) is 5.41 Å². The van der Waals surface area contributed by atoms with Gasteiger partial charge in [0.2, 0.25) is 0 Å². The maximum absolute atomic E-state index is 6.61. The Morgan fingerprint density at radius 3 is 2.24 bits per heavy atom. The van der Waals surface area contributed by atoms with Gasteiger partial charge in [-0.2, -0.15) is 0 Å². The van der Waals surface area contributed by atoms with E-state index in [1.54, 1.807) is 0 Å². The Bertz CT molecular complexity index is 2300. The number of ether oxygens (including phenoxy) is 1. The Morgan fingerprint density at radius 1 is 0.578 bits per heavy atom. The van der Waals surface area contributed by atoms with Crippen molar-refractivity contribution in [1.82, 2.24) is 0 Å². The summed E-state index contributed by atoms with van der Waals surface area (Å²) in [7, 11) is 0. The first kappa shape index (κ1) is 25.2. The standard InChI is InChI=1S/C44H32O/c1-43(2)36-19-9-10-21-39(36)45-40-26-28(23-25-37(40)43)29-16-11-20-38-41(29)33-15-6-8-18-35(33)44(38)34-17-7-5-14-31(34)32-24-22-27-12-3-4-13-30(27)42(32)44/h3-26,31,34H,1-2H3. The molecular weight excluding hydrogens is 544 g/mol. The van der Waals surface area contributed by atoms with E-state index >= 15 is 0 Å². The van der Waals surface area contributed by atoms with Crippen molar-refractivity contribution in [2.24, 2.45) is 5.92 Å². The molecule has 0 N–H and O–H groups in total. The summed E-state index contributed by atoms with van der Waals surface area (Å²) >= 11 is 0. The van der Waals surface area contributed by atoms with Crippen LogP contribution in [0.2, 0.25) is 0 Å². The molecule has 0 fully saturated rings. The van der Waals surface area contributed by atoms with E-state index in [0.29, 0.717) is 11.8 Å². The van der Waals surface area contributed by atoms with Gasteiger partial charge in [-0.15, -0.1) is 0 Å². The maximum atomic E-state index is 6.61. The normalized spacial score (nSPS) is 22.3. The topological polar surface area (TPSA) is 9.23 Å². The second-order valence-electron chi connectivity index (χ2n) is 13.6. The lowest BCUT2D eigenvalue weighted by molar-refractivity contribution is 0.418. The van der Waals surface area contributed by atoms with Crippen LogP contribution in [0, 0.1) is 5.92 Å². The summed E-state index contributed by atoms with van der Waals surface area (Å²) in [5, 5.41) is 2.67. The minimum absolute atomic E-state index is 0.136. The van der Waals surface area contributed by atoms with Crippen molar-refractivity contribution in [3.8, 4) is 33.8 Å². The molecule has 6 aromatic carbocycles. The highest BCUT2D eigenvalue weighted by Gasteiger charge is 2.58. The lowest BCUT2D eigenvalue weighted by Crippen LogP contribution is -2.33. The van der Waals surface area contributed by atoms with E-state index in [9.17, 15) is 0 Å². The molecule has 0 bridgehead atoms. The molecule has 0 saturated heterocycles. The van der Waals surface area contributed by atoms with Crippen molar-refractivity contribution in [3.05, 3.63) is 179 Å². The molecule has 6 aromatic rings. The minimum Gasteiger partial charge on any atom is -0.457 e. The van der Waals surface area contributed by atoms with Crippen molar-refractivity contribution in [2.45, 2.75) is 30.6 Å². The highest BCUT2D eigenvalue weighted by Crippen LogP contribution is 2.67. The Balaban J connectivity index is 1.26. The van der Waals surface area contributed by atoms with E-state index in [1.807, 2.05) is 0 Å². The number of hydrogen-bond donors (Lipinski definition) is 0. The van der Waals surface area contributed by atoms with Gasteiger partial charge in [-0.25, -0.2) is 0 Å². The van der Waals surface area contributed by atoms with Crippen LogP contribution in [0.25, 0.3) is 33.0 Å². The average Bonchev–Trinajstić information content (AvgIpc) is 3.56. The summed E-state index contributed by atoms with van der Waals surface area (Å²) < 4.78 is 6.61. The summed E-state index contributed by atoms with van der Waals surface area (Å²) in [6.07, 6.45) is 9.41. The highest BCUT2D eigenvalue weighted by atomic mass is 16.5. The van der Waals surface area contributed by atoms with E-state index in [0.717, 1.165) is 11.5 Å². The van der Waals surface area contributed by atoms with Crippen LogP contribution < -0.4 is 4.74 Å². The zero-order chi connectivity index (χ0) is 29.9. The monoisotopic (exact) mass is 576 g/mol. The van der Waals surface area contributed by atoms with Gasteiger partial charge in [-0.3, -0.25) is 0 Å². The molecule has 0 aromatic heterocycles. The van der Waals surface area contributed by atoms with Crippen molar-refractivity contribution in [1.29, 1.82) is 0 Å². The van der Waals surface area contributed by atoms with E-state index < -0.39 is 0 Å². The number of allylic oxidation sites excluding steroid dienone is 4. The number of fused-ring (bicyclic) bond motifs is 14. The van der Waals surface area contributed by atoms with Crippen LogP contribution in [0.4, 0.5) is 0 Å². The zero-order valence-electron chi connectivity index (χ0n) is 25.4. The molecule has 1 nitrogen and oxygen atoms in total. The third kappa shape index (κ3) is 3.08. The molecule has 0 radical (unpaired) electrons. The first-order valence-electron chi connectivity index (χ1n) is 16.1. The molecule has 45 heavy (non-hydrogen) atoms. The minimum atomic E-state index is -0.282. The third-order valence-electron chi connectivity index (χ3n) is 11.2. The first-order chi connectivity index (χ1) is 22.1. The lowest BCUT2D eigenvalue weighted by atomic mass is 9.65. The van der Waals surface area contributed by atoms with Crippen molar-refractivity contribution in [3.63, 3.8) is 0 Å². The molecule has 3 atom stereocenters. The summed E-state index contributed by atoms with van der Waals surface area (Å²) in [6, 6.07) is 45.2. The predicted octanol–water partition coefficient (Wildman–Crippen LogP) is 11.1. The largest absolute Gasteiger partial charge is 0.457 e. The van der Waals surface area contributed by atoms with Gasteiger partial charge in [0.25, 0.3) is 0 Å². The molecule has 1 heterocycles. The van der Waals surface area contributed by atoms with Crippen molar-refractivity contribution >= 4 is 10.8 Å². The second kappa shape index (κ2) is 8.73. The fourth-order valence-electron chi connectivity index (χ4n) is 9.35. The summed E-state index contributed by atoms with van der Waals surface area (Å²) in [4.78, 5) is 0. The van der Waals surface area contributed by atoms with Crippen molar-refractivity contribution < 1.29 is 4.74 Å². The van der Waals surface area contributed by atoms with Crippen LogP contribution >= 0.6 is 0 Å². The molecule has 214 valence electrons. The van der Waals surface area contributed by atoms with Crippen LogP contribution in [0.5, 0.6) is 11.5 Å². The zero-order valence-corrected chi connectivity index (χ0v) is 25.4. The lowest BCUT2D eigenvalue weighted by Gasteiger charge is -2.36. The molecule has 0 amide bonds. The maximum Gasteiger partial charge on any atom is 0.132 e. The SMILES string of the molecule is CC1(C)c2ccccc2Oc2cc(-c3cccc4c3-c3ccccc3C43c4c(ccc5ccccc45)C4C=CC=CC43)ccc21. The first-order valence-corrected chi connectivity index (χ1v) is 16.1. The fraction of sp³-hybridized carbons (Fsp3) is 0.136. The molecule has 1 spiro atoms. The Hall–Kier alpha value is -5.14. The molecule has 1 heteroatoms. The van der Waals surface area contributed by atoms with Gasteiger partial charge in [-0.1, -0.05) is 147 Å². The van der Waals surface area contributed by atoms with Crippen LogP contribution in [-0.4, -0.2) is 0 Å². The molecule has 3 aliphatic carbocycles. The van der Waals surface area contributed by atoms with Crippen molar-refractivity contribution in [2.75, 3.05) is 0 Å². The second-order valence-corrected chi connectivity index (χ2v) is 13.6. The summed E-state index contributed by atoms with van der Waals surface area (Å²) in [5.74, 6) is 2.53. The van der Waals surface area contributed by atoms with Gasteiger partial charge in [0.15, 0.2) is 0 Å². The predicted molar refractivity (Wildman–Crippen MR) is 184 cm³/mol. The van der Waals surface area contributed by atoms with Crippen LogP contribution in [0.15, 0.2) is 146 Å². The van der Waals surface area contributed by atoms with Gasteiger partial charge < -0.3 is 4.74 Å². The third-order valence-corrected chi connectivity index (χ3v) is 11.2. The Kier molecular flexibility index (Phi) is 4.89. The smallest absolute Gasteiger partial charge is 0.132 e. The number of hydrogen-bond acceptors (Lipinski definition) is 1. The van der Waals surface area contributed by atoms with Gasteiger partial charge in [0.1, 0.15) is 11.5 Å². The molecular formula is C44H32O. The Morgan fingerprint density at radius 2 is 1.31 bits per heavy atom. The van der Waals surface area contributed by atoms with E-state index in [-0.39, 0.29) is 10.8 Å². The fourth-order valence-corrected chi connectivity index (χ4v) is 9.35. The number of rotatable bonds is 1. The molecule has 0 saturated carbocycles. The Labute approximate surface area is 264 Å². The molecule has 1 aliphatic heterocycles. The molecule has 3 unspecified atom stereocenters. The number of para-hydroxylation sites is 1. The average molecular weight is 577 g/mol. The van der Waals surface area contributed by atoms with Crippen LogP contribution in [-0.2, 0) is 10.8 Å². The van der Waals surface area contributed by atoms with E-state index in [4.69, 9.17) is 4.74 Å².